The minimum atomic E-state index is -0.591. The third kappa shape index (κ3) is 6.08. The number of benzene rings is 1. The van der Waals surface area contributed by atoms with Crippen molar-refractivity contribution in [1.29, 1.82) is 0 Å². The van der Waals surface area contributed by atoms with E-state index in [4.69, 9.17) is 10.5 Å². The molecule has 0 aliphatic carbocycles. The molecule has 0 aliphatic heterocycles. The standard InChI is InChI=1S/C16H27NO2/c1-3-5-7-13(4-2)11-19-12-16(18)14-8-6-9-15(17)10-14/h6,8-10,13,16,18H,3-5,7,11-12,17H2,1-2H3. The fourth-order valence-electron chi connectivity index (χ4n) is 2.11. The Morgan fingerprint density at radius 1 is 1.26 bits per heavy atom. The summed E-state index contributed by atoms with van der Waals surface area (Å²) in [6, 6.07) is 7.33. The van der Waals surface area contributed by atoms with Crippen LogP contribution < -0.4 is 5.73 Å². The van der Waals surface area contributed by atoms with Gasteiger partial charge in [-0.05, 0) is 30.0 Å². The lowest BCUT2D eigenvalue weighted by Crippen LogP contribution is -2.14. The van der Waals surface area contributed by atoms with Crippen LogP contribution in [0.5, 0.6) is 0 Å². The fourth-order valence-corrected chi connectivity index (χ4v) is 2.11. The molecule has 0 aromatic heterocycles. The highest BCUT2D eigenvalue weighted by Crippen LogP contribution is 2.18. The molecule has 0 amide bonds. The second-order valence-corrected chi connectivity index (χ2v) is 5.14. The molecule has 0 aliphatic rings. The van der Waals surface area contributed by atoms with Crippen LogP contribution in [0.4, 0.5) is 5.69 Å². The van der Waals surface area contributed by atoms with E-state index in [0.717, 1.165) is 18.6 Å². The Kier molecular flexibility index (Phi) is 7.53. The highest BCUT2D eigenvalue weighted by Gasteiger charge is 2.10. The van der Waals surface area contributed by atoms with Crippen molar-refractivity contribution >= 4 is 5.69 Å². The first-order valence-corrected chi connectivity index (χ1v) is 7.28. The summed E-state index contributed by atoms with van der Waals surface area (Å²) in [6.45, 7) is 5.47. The predicted octanol–water partition coefficient (Wildman–Crippen LogP) is 3.54. The molecule has 1 aromatic rings. The summed E-state index contributed by atoms with van der Waals surface area (Å²) in [5.74, 6) is 0.605. The zero-order valence-corrected chi connectivity index (χ0v) is 12.1. The summed E-state index contributed by atoms with van der Waals surface area (Å²) < 4.78 is 5.65. The number of hydrogen-bond donors (Lipinski definition) is 2. The predicted molar refractivity (Wildman–Crippen MR) is 79.9 cm³/mol. The van der Waals surface area contributed by atoms with Gasteiger partial charge in [0, 0.05) is 12.3 Å². The van der Waals surface area contributed by atoms with Crippen molar-refractivity contribution in [1.82, 2.24) is 0 Å². The van der Waals surface area contributed by atoms with Gasteiger partial charge in [-0.25, -0.2) is 0 Å². The van der Waals surface area contributed by atoms with Crippen LogP contribution in [0.3, 0.4) is 0 Å². The van der Waals surface area contributed by atoms with E-state index in [-0.39, 0.29) is 0 Å². The normalized spacial score (nSPS) is 14.3. The summed E-state index contributed by atoms with van der Waals surface area (Å²) in [5.41, 5.74) is 7.19. The van der Waals surface area contributed by atoms with E-state index in [1.54, 1.807) is 6.07 Å². The molecule has 0 heterocycles. The van der Waals surface area contributed by atoms with Gasteiger partial charge in [0.25, 0.3) is 0 Å². The lowest BCUT2D eigenvalue weighted by atomic mass is 10.0. The van der Waals surface area contributed by atoms with Crippen molar-refractivity contribution in [2.45, 2.75) is 45.6 Å². The van der Waals surface area contributed by atoms with Crippen LogP contribution in [-0.4, -0.2) is 18.3 Å². The number of aliphatic hydroxyl groups is 1. The highest BCUT2D eigenvalue weighted by atomic mass is 16.5. The first-order valence-electron chi connectivity index (χ1n) is 7.28. The minimum Gasteiger partial charge on any atom is -0.399 e. The zero-order chi connectivity index (χ0) is 14.1. The van der Waals surface area contributed by atoms with Crippen LogP contribution in [0.1, 0.15) is 51.2 Å². The number of anilines is 1. The molecule has 0 spiro atoms. The summed E-state index contributed by atoms with van der Waals surface area (Å²) in [7, 11) is 0. The van der Waals surface area contributed by atoms with E-state index in [2.05, 4.69) is 13.8 Å². The molecule has 0 fully saturated rings. The Hall–Kier alpha value is -1.06. The van der Waals surface area contributed by atoms with Crippen LogP contribution in [0.25, 0.3) is 0 Å². The Balaban J connectivity index is 2.31. The van der Waals surface area contributed by atoms with Gasteiger partial charge < -0.3 is 15.6 Å². The van der Waals surface area contributed by atoms with E-state index >= 15 is 0 Å². The van der Waals surface area contributed by atoms with Crippen molar-refractivity contribution in [2.75, 3.05) is 18.9 Å². The van der Waals surface area contributed by atoms with Crippen molar-refractivity contribution in [3.8, 4) is 0 Å². The fraction of sp³-hybridized carbons (Fsp3) is 0.625. The Bertz CT molecular complexity index is 354. The van der Waals surface area contributed by atoms with Crippen molar-refractivity contribution in [3.63, 3.8) is 0 Å². The van der Waals surface area contributed by atoms with Crippen molar-refractivity contribution in [2.24, 2.45) is 5.92 Å². The average Bonchev–Trinajstić information content (AvgIpc) is 2.42. The Labute approximate surface area is 116 Å². The quantitative estimate of drug-likeness (QED) is 0.671. The number of nitrogens with two attached hydrogens (primary N) is 1. The number of unbranched alkanes of at least 4 members (excludes halogenated alkanes) is 1. The summed E-state index contributed by atoms with van der Waals surface area (Å²) >= 11 is 0. The van der Waals surface area contributed by atoms with Gasteiger partial charge in [-0.3, -0.25) is 0 Å². The van der Waals surface area contributed by atoms with Gasteiger partial charge in [0.1, 0.15) is 6.10 Å². The smallest absolute Gasteiger partial charge is 0.102 e. The number of nitrogen functional groups attached to an aromatic ring is 1. The average molecular weight is 265 g/mol. The summed E-state index contributed by atoms with van der Waals surface area (Å²) in [5, 5.41) is 10.0. The first-order chi connectivity index (χ1) is 9.17. The second kappa shape index (κ2) is 8.94. The van der Waals surface area contributed by atoms with E-state index in [9.17, 15) is 5.11 Å². The van der Waals surface area contributed by atoms with Gasteiger partial charge in [-0.1, -0.05) is 45.2 Å². The largest absolute Gasteiger partial charge is 0.399 e. The molecule has 3 nitrogen and oxygen atoms in total. The molecule has 2 atom stereocenters. The van der Waals surface area contributed by atoms with Crippen molar-refractivity contribution < 1.29 is 9.84 Å². The van der Waals surface area contributed by atoms with Gasteiger partial charge >= 0.3 is 0 Å². The molecule has 0 radical (unpaired) electrons. The number of aliphatic hydroxyl groups excluding tert-OH is 1. The van der Waals surface area contributed by atoms with E-state index in [0.29, 0.717) is 18.2 Å². The SMILES string of the molecule is CCCCC(CC)COCC(O)c1cccc(N)c1. The molecule has 0 saturated heterocycles. The van der Waals surface area contributed by atoms with Crippen molar-refractivity contribution in [3.05, 3.63) is 29.8 Å². The van der Waals surface area contributed by atoms with E-state index < -0.39 is 6.10 Å². The molecule has 1 aromatic carbocycles. The van der Waals surface area contributed by atoms with Crippen LogP contribution in [0, 0.1) is 5.92 Å². The molecule has 1 rings (SSSR count). The number of ether oxygens (including phenoxy) is 1. The lowest BCUT2D eigenvalue weighted by Gasteiger charge is -2.17. The molecule has 108 valence electrons. The molecule has 3 N–H and O–H groups in total. The van der Waals surface area contributed by atoms with Crippen LogP contribution in [-0.2, 0) is 4.74 Å². The van der Waals surface area contributed by atoms with Gasteiger partial charge in [0.2, 0.25) is 0 Å². The Morgan fingerprint density at radius 3 is 2.68 bits per heavy atom. The summed E-state index contributed by atoms with van der Waals surface area (Å²) in [4.78, 5) is 0. The van der Waals surface area contributed by atoms with Gasteiger partial charge in [-0.2, -0.15) is 0 Å². The van der Waals surface area contributed by atoms with Gasteiger partial charge in [0.15, 0.2) is 0 Å². The summed E-state index contributed by atoms with van der Waals surface area (Å²) in [6.07, 6.45) is 4.23. The van der Waals surface area contributed by atoms with Gasteiger partial charge in [-0.15, -0.1) is 0 Å². The third-order valence-electron chi connectivity index (χ3n) is 3.47. The maximum atomic E-state index is 10.0. The molecular weight excluding hydrogens is 238 g/mol. The van der Waals surface area contributed by atoms with Crippen LogP contribution >= 0.6 is 0 Å². The first kappa shape index (κ1) is 16.0. The third-order valence-corrected chi connectivity index (χ3v) is 3.47. The molecule has 2 unspecified atom stereocenters. The van der Waals surface area contributed by atoms with Gasteiger partial charge in [0.05, 0.1) is 6.61 Å². The Morgan fingerprint density at radius 2 is 2.05 bits per heavy atom. The zero-order valence-electron chi connectivity index (χ0n) is 12.1. The topological polar surface area (TPSA) is 55.5 Å². The highest BCUT2D eigenvalue weighted by molar-refractivity contribution is 5.41. The maximum absolute atomic E-state index is 10.0. The monoisotopic (exact) mass is 265 g/mol. The molecule has 0 saturated carbocycles. The number of hydrogen-bond acceptors (Lipinski definition) is 3. The second-order valence-electron chi connectivity index (χ2n) is 5.14. The van der Waals surface area contributed by atoms with Crippen LogP contribution in [0.2, 0.25) is 0 Å². The number of rotatable bonds is 9. The van der Waals surface area contributed by atoms with E-state index in [1.165, 1.54) is 19.3 Å². The minimum absolute atomic E-state index is 0.339. The maximum Gasteiger partial charge on any atom is 0.102 e. The molecular formula is C16H27NO2. The molecule has 3 heteroatoms. The lowest BCUT2D eigenvalue weighted by molar-refractivity contribution is 0.0181. The molecule has 19 heavy (non-hydrogen) atoms. The van der Waals surface area contributed by atoms with E-state index in [1.807, 2.05) is 18.2 Å². The van der Waals surface area contributed by atoms with Crippen LogP contribution in [0.15, 0.2) is 24.3 Å². The molecule has 0 bridgehead atoms.